The molecule has 1 aromatic carbocycles. The molecule has 0 spiro atoms. The average molecular weight is 347 g/mol. The highest BCUT2D eigenvalue weighted by Gasteiger charge is 2.09. The van der Waals surface area contributed by atoms with Crippen molar-refractivity contribution in [3.63, 3.8) is 0 Å². The van der Waals surface area contributed by atoms with E-state index in [0.29, 0.717) is 11.6 Å². The number of amides is 1. The number of carbonyl (C=O) groups excluding carboxylic acids is 1. The van der Waals surface area contributed by atoms with Gasteiger partial charge in [0.25, 0.3) is 0 Å². The average Bonchev–Trinajstić information content (AvgIpc) is 2.62. The number of phenols is 1. The lowest BCUT2D eigenvalue weighted by atomic mass is 10.1. The van der Waals surface area contributed by atoms with Gasteiger partial charge in [-0.3, -0.25) is 4.79 Å². The van der Waals surface area contributed by atoms with Crippen molar-refractivity contribution in [2.45, 2.75) is 26.2 Å². The minimum Gasteiger partial charge on any atom is -0.508 e. The number of hydrogen-bond acceptors (Lipinski definition) is 4. The maximum absolute atomic E-state index is 12.0. The number of nitrogens with zero attached hydrogens (tertiary/aromatic N) is 2. The van der Waals surface area contributed by atoms with Crippen LogP contribution in [0.5, 0.6) is 5.75 Å². The molecule has 0 saturated carbocycles. The van der Waals surface area contributed by atoms with Crippen LogP contribution < -0.4 is 16.0 Å². The minimum absolute atomic E-state index is 0.0416. The third-order valence-electron chi connectivity index (χ3n) is 4.05. The largest absolute Gasteiger partial charge is 0.508 e. The molecule has 138 valence electrons. The summed E-state index contributed by atoms with van der Waals surface area (Å²) in [6, 6.07) is 6.37. The Morgan fingerprint density at radius 2 is 1.88 bits per heavy atom. The first-order chi connectivity index (χ1) is 12.2. The molecule has 7 heteroatoms. The van der Waals surface area contributed by atoms with E-state index in [2.05, 4.69) is 25.8 Å². The number of hydrogen-bond donors (Lipinski definition) is 4. The number of likely N-dealkylation sites (tertiary alicyclic amines) is 1. The number of nitrogens with one attached hydrogen (secondary N) is 3. The van der Waals surface area contributed by atoms with Gasteiger partial charge in [0, 0.05) is 25.3 Å². The predicted octanol–water partition coefficient (Wildman–Crippen LogP) is 1.37. The summed E-state index contributed by atoms with van der Waals surface area (Å²) >= 11 is 0. The highest BCUT2D eigenvalue weighted by Crippen LogP contribution is 2.13. The van der Waals surface area contributed by atoms with Gasteiger partial charge in [-0.05, 0) is 57.1 Å². The van der Waals surface area contributed by atoms with Gasteiger partial charge >= 0.3 is 0 Å². The number of aromatic hydroxyl groups is 1. The molecule has 4 N–H and O–H groups in total. The van der Waals surface area contributed by atoms with E-state index in [4.69, 9.17) is 0 Å². The lowest BCUT2D eigenvalue weighted by molar-refractivity contribution is -0.114. The van der Waals surface area contributed by atoms with Crippen LogP contribution in [-0.4, -0.2) is 61.1 Å². The zero-order chi connectivity index (χ0) is 17.9. The molecule has 1 heterocycles. The van der Waals surface area contributed by atoms with Crippen molar-refractivity contribution in [3.05, 3.63) is 24.3 Å². The molecule has 0 aliphatic carbocycles. The van der Waals surface area contributed by atoms with Crippen LogP contribution >= 0.6 is 0 Å². The summed E-state index contributed by atoms with van der Waals surface area (Å²) in [5.41, 5.74) is 0.640. The maximum atomic E-state index is 12.0. The second-order valence-electron chi connectivity index (χ2n) is 6.12. The molecule has 0 aromatic heterocycles. The normalized spacial score (nSPS) is 15.6. The first kappa shape index (κ1) is 19.1. The van der Waals surface area contributed by atoms with E-state index in [1.807, 2.05) is 6.92 Å². The van der Waals surface area contributed by atoms with Gasteiger partial charge in [0.05, 0.1) is 0 Å². The van der Waals surface area contributed by atoms with Crippen LogP contribution in [-0.2, 0) is 4.79 Å². The Balaban J connectivity index is 1.75. The van der Waals surface area contributed by atoms with Gasteiger partial charge in [0.2, 0.25) is 5.91 Å². The highest BCUT2D eigenvalue weighted by atomic mass is 16.3. The molecule has 0 bridgehead atoms. The number of aliphatic imine (C=N–C) groups is 1. The summed E-state index contributed by atoms with van der Waals surface area (Å²) in [5.74, 6) is 0.627. The number of phenolic OH excluding ortho intramolecular Hbond substituents is 1. The molecular formula is C18H29N5O2. The molecular weight excluding hydrogens is 318 g/mol. The van der Waals surface area contributed by atoms with Crippen molar-refractivity contribution in [2.75, 3.05) is 44.6 Å². The molecule has 1 amide bonds. The fourth-order valence-corrected chi connectivity index (χ4v) is 2.75. The second-order valence-corrected chi connectivity index (χ2v) is 6.12. The number of carbonyl (C=O) groups is 1. The maximum Gasteiger partial charge on any atom is 0.246 e. The Morgan fingerprint density at radius 1 is 1.16 bits per heavy atom. The summed E-state index contributed by atoms with van der Waals surface area (Å²) in [7, 11) is 0. The van der Waals surface area contributed by atoms with E-state index in [1.165, 1.54) is 44.5 Å². The molecule has 1 aromatic rings. The van der Waals surface area contributed by atoms with E-state index >= 15 is 0 Å². The first-order valence-electron chi connectivity index (χ1n) is 9.01. The van der Waals surface area contributed by atoms with Gasteiger partial charge in [-0.1, -0.05) is 6.42 Å². The van der Waals surface area contributed by atoms with Crippen molar-refractivity contribution in [1.82, 2.24) is 15.5 Å². The molecule has 2 rings (SSSR count). The monoisotopic (exact) mass is 347 g/mol. The number of guanidine groups is 1. The van der Waals surface area contributed by atoms with Crippen LogP contribution in [0.1, 0.15) is 26.2 Å². The SMILES string of the molecule is CCNC(=NCC(=O)Nc1ccc(O)cc1)NCCN1CCCCC1. The Hall–Kier alpha value is -2.28. The topological polar surface area (TPSA) is 89.0 Å². The van der Waals surface area contributed by atoms with Crippen molar-refractivity contribution < 1.29 is 9.90 Å². The van der Waals surface area contributed by atoms with Crippen LogP contribution in [0.2, 0.25) is 0 Å². The van der Waals surface area contributed by atoms with E-state index < -0.39 is 0 Å². The highest BCUT2D eigenvalue weighted by molar-refractivity contribution is 5.94. The van der Waals surface area contributed by atoms with E-state index in [0.717, 1.165) is 19.6 Å². The molecule has 0 unspecified atom stereocenters. The van der Waals surface area contributed by atoms with Gasteiger partial charge in [0.15, 0.2) is 5.96 Å². The second kappa shape index (κ2) is 10.6. The summed E-state index contributed by atoms with van der Waals surface area (Å²) in [6.45, 7) is 6.93. The molecule has 1 aliphatic heterocycles. The van der Waals surface area contributed by atoms with E-state index in [-0.39, 0.29) is 18.2 Å². The first-order valence-corrected chi connectivity index (χ1v) is 9.01. The predicted molar refractivity (Wildman–Crippen MR) is 101 cm³/mol. The summed E-state index contributed by atoms with van der Waals surface area (Å²) in [5, 5.41) is 18.4. The van der Waals surface area contributed by atoms with Crippen molar-refractivity contribution in [1.29, 1.82) is 0 Å². The molecule has 1 aliphatic rings. The number of rotatable bonds is 7. The van der Waals surface area contributed by atoms with Crippen molar-refractivity contribution in [2.24, 2.45) is 4.99 Å². The standard InChI is InChI=1S/C18H29N5O2/c1-2-19-18(20-10-13-23-11-4-3-5-12-23)21-14-17(25)22-15-6-8-16(24)9-7-15/h6-9,24H,2-5,10-14H2,1H3,(H,22,25)(H2,19,20,21). The van der Waals surface area contributed by atoms with Crippen LogP contribution in [0.3, 0.4) is 0 Å². The molecule has 0 atom stereocenters. The van der Waals surface area contributed by atoms with Crippen LogP contribution in [0, 0.1) is 0 Å². The van der Waals surface area contributed by atoms with Gasteiger partial charge in [-0.2, -0.15) is 0 Å². The van der Waals surface area contributed by atoms with Gasteiger partial charge in [-0.15, -0.1) is 0 Å². The fourth-order valence-electron chi connectivity index (χ4n) is 2.75. The lowest BCUT2D eigenvalue weighted by Gasteiger charge is -2.26. The third-order valence-corrected chi connectivity index (χ3v) is 4.05. The Bertz CT molecular complexity index is 553. The number of piperidine rings is 1. The summed E-state index contributed by atoms with van der Waals surface area (Å²) < 4.78 is 0. The van der Waals surface area contributed by atoms with Gasteiger partial charge < -0.3 is 26.0 Å². The van der Waals surface area contributed by atoms with Gasteiger partial charge in [-0.25, -0.2) is 4.99 Å². The van der Waals surface area contributed by atoms with Crippen molar-refractivity contribution >= 4 is 17.6 Å². The summed E-state index contributed by atoms with van der Waals surface area (Å²) in [6.07, 6.45) is 3.90. The van der Waals surface area contributed by atoms with Gasteiger partial charge in [0.1, 0.15) is 12.3 Å². The van der Waals surface area contributed by atoms with Crippen LogP contribution in [0.4, 0.5) is 5.69 Å². The Labute approximate surface area is 149 Å². The van der Waals surface area contributed by atoms with Crippen LogP contribution in [0.25, 0.3) is 0 Å². The zero-order valence-electron chi connectivity index (χ0n) is 14.9. The van der Waals surface area contributed by atoms with E-state index in [1.54, 1.807) is 12.1 Å². The van der Waals surface area contributed by atoms with Crippen molar-refractivity contribution in [3.8, 4) is 5.75 Å². The quantitative estimate of drug-likeness (QED) is 0.340. The Kier molecular flexibility index (Phi) is 8.04. The molecule has 0 radical (unpaired) electrons. The molecule has 25 heavy (non-hydrogen) atoms. The molecule has 1 saturated heterocycles. The smallest absolute Gasteiger partial charge is 0.246 e. The Morgan fingerprint density at radius 3 is 2.56 bits per heavy atom. The van der Waals surface area contributed by atoms with Crippen LogP contribution in [0.15, 0.2) is 29.3 Å². The number of anilines is 1. The molecule has 7 nitrogen and oxygen atoms in total. The lowest BCUT2D eigenvalue weighted by Crippen LogP contribution is -2.43. The minimum atomic E-state index is -0.195. The fraction of sp³-hybridized carbons (Fsp3) is 0.556. The zero-order valence-corrected chi connectivity index (χ0v) is 14.9. The summed E-state index contributed by atoms with van der Waals surface area (Å²) in [4.78, 5) is 18.8. The number of benzene rings is 1. The van der Waals surface area contributed by atoms with E-state index in [9.17, 15) is 9.90 Å². The molecule has 1 fully saturated rings. The third kappa shape index (κ3) is 7.43.